The number of hydrogen-bond donors (Lipinski definition) is 1. The molecule has 22 heavy (non-hydrogen) atoms. The Bertz CT molecular complexity index is 801. The van der Waals surface area contributed by atoms with Crippen molar-refractivity contribution in [3.8, 4) is 0 Å². The lowest BCUT2D eigenvalue weighted by Crippen LogP contribution is -2.09. The van der Waals surface area contributed by atoms with Crippen molar-refractivity contribution in [1.29, 1.82) is 0 Å². The number of benzene rings is 2. The van der Waals surface area contributed by atoms with Crippen molar-refractivity contribution < 1.29 is 0 Å². The van der Waals surface area contributed by atoms with Crippen molar-refractivity contribution in [2.24, 2.45) is 0 Å². The molecule has 3 aromatic rings. The Morgan fingerprint density at radius 3 is 2.64 bits per heavy atom. The summed E-state index contributed by atoms with van der Waals surface area (Å²) in [5.74, 6) is 0.840. The summed E-state index contributed by atoms with van der Waals surface area (Å²) in [5.41, 5.74) is 2.26. The number of aromatic nitrogens is 2. The Morgan fingerprint density at radius 1 is 1.09 bits per heavy atom. The van der Waals surface area contributed by atoms with Crippen LogP contribution in [0.4, 0.5) is 5.82 Å². The normalized spacial score (nSPS) is 12.3. The van der Waals surface area contributed by atoms with Crippen LogP contribution in [0.5, 0.6) is 0 Å². The quantitative estimate of drug-likeness (QED) is 0.704. The summed E-state index contributed by atoms with van der Waals surface area (Å²) in [6.07, 6.45) is 2.49. The van der Waals surface area contributed by atoms with Crippen molar-refractivity contribution in [1.82, 2.24) is 9.97 Å². The molecule has 3 nitrogen and oxygen atoms in total. The van der Waals surface area contributed by atoms with E-state index in [0.717, 1.165) is 22.4 Å². The van der Waals surface area contributed by atoms with Crippen LogP contribution in [0.15, 0.2) is 53.3 Å². The maximum absolute atomic E-state index is 4.35. The first kappa shape index (κ1) is 15.0. The van der Waals surface area contributed by atoms with E-state index in [0.29, 0.717) is 0 Å². The summed E-state index contributed by atoms with van der Waals surface area (Å²) >= 11 is 3.59. The first-order chi connectivity index (χ1) is 10.7. The van der Waals surface area contributed by atoms with Gasteiger partial charge in [0.2, 0.25) is 0 Å². The van der Waals surface area contributed by atoms with E-state index in [2.05, 4.69) is 87.5 Å². The minimum atomic E-state index is 0.167. The highest BCUT2D eigenvalue weighted by atomic mass is 79.9. The Morgan fingerprint density at radius 2 is 1.86 bits per heavy atom. The van der Waals surface area contributed by atoms with E-state index in [9.17, 15) is 0 Å². The van der Waals surface area contributed by atoms with E-state index in [1.165, 1.54) is 16.3 Å². The van der Waals surface area contributed by atoms with E-state index in [1.807, 2.05) is 0 Å². The van der Waals surface area contributed by atoms with E-state index in [4.69, 9.17) is 0 Å². The number of anilines is 1. The molecule has 1 aromatic heterocycles. The Labute approximate surface area is 138 Å². The van der Waals surface area contributed by atoms with E-state index in [1.54, 1.807) is 6.33 Å². The van der Waals surface area contributed by atoms with Gasteiger partial charge in [0.05, 0.1) is 16.2 Å². The average molecular weight is 356 g/mol. The van der Waals surface area contributed by atoms with E-state index >= 15 is 0 Å². The molecule has 3 rings (SSSR count). The van der Waals surface area contributed by atoms with Crippen LogP contribution < -0.4 is 5.32 Å². The number of nitrogens with one attached hydrogen (secondary N) is 1. The standard InChI is InChI=1S/C18H18BrN3/c1-3-16-17(19)18(21-11-20-16)22-12(2)14-9-8-13-6-4-5-7-15(13)10-14/h4-12H,3H2,1-2H3,(H,20,21,22). The lowest BCUT2D eigenvalue weighted by atomic mass is 10.0. The lowest BCUT2D eigenvalue weighted by Gasteiger charge is -2.17. The van der Waals surface area contributed by atoms with E-state index < -0.39 is 0 Å². The van der Waals surface area contributed by atoms with Crippen LogP contribution in [0.2, 0.25) is 0 Å². The lowest BCUT2D eigenvalue weighted by molar-refractivity contribution is 0.864. The average Bonchev–Trinajstić information content (AvgIpc) is 2.56. The van der Waals surface area contributed by atoms with Crippen molar-refractivity contribution in [3.63, 3.8) is 0 Å². The van der Waals surface area contributed by atoms with Gasteiger partial charge in [-0.15, -0.1) is 0 Å². The molecule has 0 aliphatic rings. The highest BCUT2D eigenvalue weighted by molar-refractivity contribution is 9.10. The topological polar surface area (TPSA) is 37.8 Å². The molecule has 0 saturated heterocycles. The molecule has 0 amide bonds. The van der Waals surface area contributed by atoms with Gasteiger partial charge in [0.15, 0.2) is 0 Å². The van der Waals surface area contributed by atoms with Gasteiger partial charge in [-0.05, 0) is 51.7 Å². The van der Waals surface area contributed by atoms with Crippen LogP contribution in [0, 0.1) is 0 Å². The fourth-order valence-electron chi connectivity index (χ4n) is 2.52. The number of rotatable bonds is 4. The molecule has 0 aliphatic heterocycles. The maximum atomic E-state index is 4.35. The van der Waals surface area contributed by atoms with Crippen molar-refractivity contribution >= 4 is 32.5 Å². The number of halogens is 1. The van der Waals surface area contributed by atoms with Gasteiger partial charge in [-0.1, -0.05) is 43.3 Å². The van der Waals surface area contributed by atoms with Gasteiger partial charge < -0.3 is 5.32 Å². The largest absolute Gasteiger partial charge is 0.363 e. The molecule has 1 unspecified atom stereocenters. The molecule has 1 N–H and O–H groups in total. The van der Waals surface area contributed by atoms with Crippen molar-refractivity contribution in [3.05, 3.63) is 64.5 Å². The van der Waals surface area contributed by atoms with Crippen LogP contribution in [0.1, 0.15) is 31.1 Å². The van der Waals surface area contributed by atoms with E-state index in [-0.39, 0.29) is 6.04 Å². The molecule has 0 aliphatic carbocycles. The van der Waals surface area contributed by atoms with Gasteiger partial charge in [-0.3, -0.25) is 0 Å². The molecule has 0 radical (unpaired) electrons. The monoisotopic (exact) mass is 355 g/mol. The molecule has 1 heterocycles. The third-order valence-electron chi connectivity index (χ3n) is 3.82. The third kappa shape index (κ3) is 2.97. The van der Waals surface area contributed by atoms with Gasteiger partial charge >= 0.3 is 0 Å². The van der Waals surface area contributed by atoms with Gasteiger partial charge in [0.25, 0.3) is 0 Å². The van der Waals surface area contributed by atoms with Crippen LogP contribution in [0.25, 0.3) is 10.8 Å². The van der Waals surface area contributed by atoms with Crippen molar-refractivity contribution in [2.75, 3.05) is 5.32 Å². The zero-order valence-corrected chi connectivity index (χ0v) is 14.3. The van der Waals surface area contributed by atoms with Gasteiger partial charge in [-0.2, -0.15) is 0 Å². The summed E-state index contributed by atoms with van der Waals surface area (Å²) in [4.78, 5) is 8.63. The minimum absolute atomic E-state index is 0.167. The van der Waals surface area contributed by atoms with Gasteiger partial charge in [0.1, 0.15) is 12.1 Å². The summed E-state index contributed by atoms with van der Waals surface area (Å²) in [7, 11) is 0. The van der Waals surface area contributed by atoms with Crippen LogP contribution in [0.3, 0.4) is 0 Å². The Balaban J connectivity index is 1.88. The molecule has 4 heteroatoms. The molecule has 2 aromatic carbocycles. The van der Waals surface area contributed by atoms with Crippen molar-refractivity contribution in [2.45, 2.75) is 26.3 Å². The molecule has 0 saturated carbocycles. The molecule has 112 valence electrons. The number of fused-ring (bicyclic) bond motifs is 1. The predicted octanol–water partition coefficient (Wildman–Crippen LogP) is 5.13. The Hall–Kier alpha value is -1.94. The molecule has 0 fully saturated rings. The fourth-order valence-corrected chi connectivity index (χ4v) is 3.12. The molecule has 0 bridgehead atoms. The zero-order chi connectivity index (χ0) is 15.5. The summed E-state index contributed by atoms with van der Waals surface area (Å²) in [6, 6.07) is 15.1. The minimum Gasteiger partial charge on any atom is -0.363 e. The summed E-state index contributed by atoms with van der Waals surface area (Å²) in [5, 5.41) is 5.98. The first-order valence-corrected chi connectivity index (χ1v) is 8.23. The highest BCUT2D eigenvalue weighted by Gasteiger charge is 2.11. The third-order valence-corrected chi connectivity index (χ3v) is 4.66. The predicted molar refractivity (Wildman–Crippen MR) is 95.1 cm³/mol. The molecule has 1 atom stereocenters. The number of aryl methyl sites for hydroxylation is 1. The molecule has 0 spiro atoms. The molecular weight excluding hydrogens is 338 g/mol. The Kier molecular flexibility index (Phi) is 4.39. The smallest absolute Gasteiger partial charge is 0.144 e. The van der Waals surface area contributed by atoms with Crippen LogP contribution >= 0.6 is 15.9 Å². The SMILES string of the molecule is CCc1ncnc(NC(C)c2ccc3ccccc3c2)c1Br. The summed E-state index contributed by atoms with van der Waals surface area (Å²) < 4.78 is 0.949. The van der Waals surface area contributed by atoms with Gasteiger partial charge in [-0.25, -0.2) is 9.97 Å². The fraction of sp³-hybridized carbons (Fsp3) is 0.222. The molecular formula is C18H18BrN3. The van der Waals surface area contributed by atoms with Crippen LogP contribution in [-0.2, 0) is 6.42 Å². The number of hydrogen-bond acceptors (Lipinski definition) is 3. The summed E-state index contributed by atoms with van der Waals surface area (Å²) in [6.45, 7) is 4.23. The highest BCUT2D eigenvalue weighted by Crippen LogP contribution is 2.28. The zero-order valence-electron chi connectivity index (χ0n) is 12.7. The van der Waals surface area contributed by atoms with Gasteiger partial charge in [0, 0.05) is 0 Å². The number of nitrogens with zero attached hydrogens (tertiary/aromatic N) is 2. The van der Waals surface area contributed by atoms with Crippen LogP contribution in [-0.4, -0.2) is 9.97 Å². The maximum Gasteiger partial charge on any atom is 0.144 e. The second kappa shape index (κ2) is 6.44. The second-order valence-corrected chi connectivity index (χ2v) is 6.10. The second-order valence-electron chi connectivity index (χ2n) is 5.31. The first-order valence-electron chi connectivity index (χ1n) is 7.43.